The quantitative estimate of drug-likeness (QED) is 0.674. The molecule has 0 radical (unpaired) electrons. The maximum absolute atomic E-state index is 11.7. The van der Waals surface area contributed by atoms with Gasteiger partial charge in [0, 0.05) is 19.3 Å². The van der Waals surface area contributed by atoms with Crippen LogP contribution in [0, 0.1) is 0 Å². The molecule has 6 nitrogen and oxygen atoms in total. The summed E-state index contributed by atoms with van der Waals surface area (Å²) >= 11 is 0. The van der Waals surface area contributed by atoms with Gasteiger partial charge in [0.1, 0.15) is 6.04 Å². The fourth-order valence-corrected chi connectivity index (χ4v) is 1.62. The fourth-order valence-electron chi connectivity index (χ4n) is 1.29. The Bertz CT molecular complexity index is 372. The molecule has 0 saturated carbocycles. The third kappa shape index (κ3) is 3.93. The minimum atomic E-state index is -3.20. The molecule has 17 heavy (non-hydrogen) atoms. The van der Waals surface area contributed by atoms with Gasteiger partial charge in [-0.25, -0.2) is 8.42 Å². The van der Waals surface area contributed by atoms with E-state index in [-0.39, 0.29) is 18.5 Å². The zero-order valence-electron chi connectivity index (χ0n) is 10.4. The summed E-state index contributed by atoms with van der Waals surface area (Å²) in [4.78, 5) is 11.7. The second-order valence-corrected chi connectivity index (χ2v) is 7.48. The number of hydrogen-bond acceptors (Lipinski definition) is 5. The van der Waals surface area contributed by atoms with E-state index in [1.807, 2.05) is 0 Å². The van der Waals surface area contributed by atoms with E-state index in [2.05, 4.69) is 10.6 Å². The molecule has 1 aliphatic heterocycles. The third-order valence-electron chi connectivity index (χ3n) is 2.93. The van der Waals surface area contributed by atoms with Crippen LogP contribution in [0.2, 0.25) is 0 Å². The maximum Gasteiger partial charge on any atom is 0.239 e. The molecule has 0 aromatic carbocycles. The van der Waals surface area contributed by atoms with Crippen LogP contribution in [0.25, 0.3) is 0 Å². The predicted octanol–water partition coefficient (Wildman–Crippen LogP) is -1.09. The van der Waals surface area contributed by atoms with E-state index in [0.717, 1.165) is 0 Å². The number of ether oxygens (including phenoxy) is 1. The topological polar surface area (TPSA) is 84.5 Å². The van der Waals surface area contributed by atoms with Gasteiger partial charge in [0.25, 0.3) is 0 Å². The highest BCUT2D eigenvalue weighted by atomic mass is 32.2. The minimum absolute atomic E-state index is 0.100. The van der Waals surface area contributed by atoms with Crippen LogP contribution in [0.5, 0.6) is 0 Å². The van der Waals surface area contributed by atoms with Gasteiger partial charge in [0.2, 0.25) is 5.91 Å². The van der Waals surface area contributed by atoms with Crippen molar-refractivity contribution in [2.45, 2.75) is 24.6 Å². The monoisotopic (exact) mass is 264 g/mol. The second kappa shape index (κ2) is 5.32. The number of carbonyl (C=O) groups is 1. The number of carbonyl (C=O) groups excluding carboxylic acids is 1. The molecular weight excluding hydrogens is 244 g/mol. The van der Waals surface area contributed by atoms with Gasteiger partial charge in [-0.1, -0.05) is 0 Å². The molecule has 1 fully saturated rings. The molecule has 1 rings (SSSR count). The summed E-state index contributed by atoms with van der Waals surface area (Å²) in [6.07, 6.45) is 1.17. The first-order valence-electron chi connectivity index (χ1n) is 5.52. The summed E-state index contributed by atoms with van der Waals surface area (Å²) in [5, 5.41) is 5.65. The van der Waals surface area contributed by atoms with Crippen LogP contribution in [-0.2, 0) is 19.4 Å². The van der Waals surface area contributed by atoms with Crippen LogP contribution >= 0.6 is 0 Å². The van der Waals surface area contributed by atoms with Crippen molar-refractivity contribution in [1.29, 1.82) is 0 Å². The highest BCUT2D eigenvalue weighted by Crippen LogP contribution is 2.13. The van der Waals surface area contributed by atoms with Crippen molar-refractivity contribution in [3.8, 4) is 0 Å². The molecule has 7 heteroatoms. The summed E-state index contributed by atoms with van der Waals surface area (Å²) in [6.45, 7) is 4.83. The fraction of sp³-hybridized carbons (Fsp3) is 0.900. The Morgan fingerprint density at radius 3 is 2.65 bits per heavy atom. The molecule has 1 heterocycles. The average molecular weight is 264 g/mol. The highest BCUT2D eigenvalue weighted by Gasteiger charge is 2.31. The van der Waals surface area contributed by atoms with E-state index in [0.29, 0.717) is 19.8 Å². The van der Waals surface area contributed by atoms with Gasteiger partial charge >= 0.3 is 0 Å². The van der Waals surface area contributed by atoms with Crippen LogP contribution in [0.1, 0.15) is 13.8 Å². The van der Waals surface area contributed by atoms with E-state index in [9.17, 15) is 13.2 Å². The number of morpholine rings is 1. The standard InChI is InChI=1S/C10H20N2O4S/c1-10(2,17(3,14)15)7-12-9(13)8-6-16-5-4-11-8/h8,11H,4-7H2,1-3H3,(H,12,13). The maximum atomic E-state index is 11.7. The summed E-state index contributed by atoms with van der Waals surface area (Å²) in [5.41, 5.74) is 0. The first-order valence-corrected chi connectivity index (χ1v) is 7.41. The van der Waals surface area contributed by atoms with Crippen molar-refractivity contribution in [2.75, 3.05) is 32.6 Å². The number of rotatable bonds is 4. The molecule has 0 aliphatic carbocycles. The lowest BCUT2D eigenvalue weighted by Gasteiger charge is -2.26. The molecule has 1 aliphatic rings. The van der Waals surface area contributed by atoms with Crippen LogP contribution in [0.3, 0.4) is 0 Å². The van der Waals surface area contributed by atoms with Gasteiger partial charge in [-0.15, -0.1) is 0 Å². The highest BCUT2D eigenvalue weighted by molar-refractivity contribution is 7.92. The van der Waals surface area contributed by atoms with Crippen molar-refractivity contribution in [2.24, 2.45) is 0 Å². The van der Waals surface area contributed by atoms with Crippen LogP contribution < -0.4 is 10.6 Å². The zero-order chi connectivity index (χ0) is 13.1. The molecule has 0 spiro atoms. The summed E-state index contributed by atoms with van der Waals surface area (Å²) < 4.78 is 27.1. The van der Waals surface area contributed by atoms with E-state index >= 15 is 0 Å². The van der Waals surface area contributed by atoms with Gasteiger partial charge in [-0.05, 0) is 13.8 Å². The molecule has 2 N–H and O–H groups in total. The molecule has 0 bridgehead atoms. The molecule has 1 unspecified atom stereocenters. The number of nitrogens with one attached hydrogen (secondary N) is 2. The Hall–Kier alpha value is -0.660. The number of hydrogen-bond donors (Lipinski definition) is 2. The van der Waals surface area contributed by atoms with Gasteiger partial charge in [0.05, 0.1) is 18.0 Å². The van der Waals surface area contributed by atoms with E-state index in [1.165, 1.54) is 6.26 Å². The second-order valence-electron chi connectivity index (χ2n) is 4.83. The Kier molecular flexibility index (Phi) is 4.51. The molecule has 0 aromatic heterocycles. The van der Waals surface area contributed by atoms with Crippen molar-refractivity contribution >= 4 is 15.7 Å². The molecule has 1 saturated heterocycles. The Morgan fingerprint density at radius 2 is 2.18 bits per heavy atom. The summed E-state index contributed by atoms with van der Waals surface area (Å²) in [5.74, 6) is -0.221. The Labute approximate surface area is 102 Å². The number of sulfone groups is 1. The lowest BCUT2D eigenvalue weighted by molar-refractivity contribution is -0.125. The SMILES string of the molecule is CC(C)(CNC(=O)C1COCCN1)S(C)(=O)=O. The third-order valence-corrected chi connectivity index (χ3v) is 5.08. The number of amides is 1. The largest absolute Gasteiger partial charge is 0.378 e. The molecule has 1 atom stereocenters. The van der Waals surface area contributed by atoms with Gasteiger partial charge in [0.15, 0.2) is 9.84 Å². The first kappa shape index (κ1) is 14.4. The van der Waals surface area contributed by atoms with E-state index in [1.54, 1.807) is 13.8 Å². The zero-order valence-corrected chi connectivity index (χ0v) is 11.3. The summed E-state index contributed by atoms with van der Waals surface area (Å²) in [6, 6.07) is -0.390. The Morgan fingerprint density at radius 1 is 1.53 bits per heavy atom. The smallest absolute Gasteiger partial charge is 0.239 e. The van der Waals surface area contributed by atoms with E-state index in [4.69, 9.17) is 4.74 Å². The van der Waals surface area contributed by atoms with Crippen molar-refractivity contribution < 1.29 is 17.9 Å². The van der Waals surface area contributed by atoms with Crippen molar-refractivity contribution in [3.63, 3.8) is 0 Å². The summed E-state index contributed by atoms with van der Waals surface area (Å²) in [7, 11) is -3.20. The normalized spacial score (nSPS) is 22.2. The van der Waals surface area contributed by atoms with Crippen LogP contribution in [0.4, 0.5) is 0 Å². The molecule has 1 amide bonds. The first-order chi connectivity index (χ1) is 7.74. The van der Waals surface area contributed by atoms with Gasteiger partial charge in [-0.2, -0.15) is 0 Å². The molecule has 0 aromatic rings. The molecule has 100 valence electrons. The van der Waals surface area contributed by atoms with Crippen LogP contribution in [0.15, 0.2) is 0 Å². The average Bonchev–Trinajstić information content (AvgIpc) is 2.25. The Balaban J connectivity index is 2.47. The van der Waals surface area contributed by atoms with Crippen LogP contribution in [-0.4, -0.2) is 57.7 Å². The lowest BCUT2D eigenvalue weighted by atomic mass is 10.2. The lowest BCUT2D eigenvalue weighted by Crippen LogP contribution is -2.54. The van der Waals surface area contributed by atoms with Crippen molar-refractivity contribution in [1.82, 2.24) is 10.6 Å². The predicted molar refractivity (Wildman–Crippen MR) is 64.5 cm³/mol. The van der Waals surface area contributed by atoms with Gasteiger partial charge in [-0.3, -0.25) is 4.79 Å². The van der Waals surface area contributed by atoms with Crippen molar-refractivity contribution in [3.05, 3.63) is 0 Å². The molecular formula is C10H20N2O4S. The van der Waals surface area contributed by atoms with Gasteiger partial charge < -0.3 is 15.4 Å². The van der Waals surface area contributed by atoms with E-state index < -0.39 is 14.6 Å². The minimum Gasteiger partial charge on any atom is -0.378 e.